The Bertz CT molecular complexity index is 848. The molecule has 5 heteroatoms. The summed E-state index contributed by atoms with van der Waals surface area (Å²) in [4.78, 5) is 6.65. The van der Waals surface area contributed by atoms with E-state index in [2.05, 4.69) is 34.3 Å². The lowest BCUT2D eigenvalue weighted by atomic mass is 9.93. The van der Waals surface area contributed by atoms with Crippen molar-refractivity contribution in [2.45, 2.75) is 31.9 Å². The third-order valence-electron chi connectivity index (χ3n) is 5.07. The number of para-hydroxylation sites is 1. The predicted octanol–water partition coefficient (Wildman–Crippen LogP) is 3.28. The van der Waals surface area contributed by atoms with Crippen molar-refractivity contribution >= 4 is 0 Å². The first kappa shape index (κ1) is 16.9. The number of piperidine rings is 1. The van der Waals surface area contributed by atoms with Crippen LogP contribution < -0.4 is 0 Å². The van der Waals surface area contributed by atoms with Gasteiger partial charge in [0.2, 0.25) is 0 Å². The Kier molecular flexibility index (Phi) is 4.57. The number of aliphatic hydroxyl groups is 1. The van der Waals surface area contributed by atoms with Gasteiger partial charge < -0.3 is 5.11 Å². The van der Waals surface area contributed by atoms with Gasteiger partial charge in [0.15, 0.2) is 0 Å². The molecule has 3 heterocycles. The summed E-state index contributed by atoms with van der Waals surface area (Å²) in [7, 11) is 0. The second-order valence-electron chi connectivity index (χ2n) is 7.30. The number of pyridine rings is 1. The average Bonchev–Trinajstić information content (AvgIpc) is 3.09. The average molecular weight is 348 g/mol. The van der Waals surface area contributed by atoms with Crippen LogP contribution in [0.5, 0.6) is 0 Å². The number of aromatic nitrogens is 3. The molecule has 1 saturated heterocycles. The summed E-state index contributed by atoms with van der Waals surface area (Å²) < 4.78 is 1.94. The van der Waals surface area contributed by atoms with Crippen molar-refractivity contribution in [2.24, 2.45) is 0 Å². The van der Waals surface area contributed by atoms with Crippen LogP contribution in [0.15, 0.2) is 61.1 Å². The molecule has 0 atom stereocenters. The minimum absolute atomic E-state index is 0.531. The van der Waals surface area contributed by atoms with Crippen LogP contribution in [0.25, 0.3) is 16.9 Å². The molecule has 0 radical (unpaired) electrons. The maximum absolute atomic E-state index is 10.2. The fraction of sp³-hybridized carbons (Fsp3) is 0.333. The van der Waals surface area contributed by atoms with Crippen molar-refractivity contribution in [3.63, 3.8) is 0 Å². The third kappa shape index (κ3) is 3.69. The van der Waals surface area contributed by atoms with Crippen molar-refractivity contribution in [3.05, 3.63) is 66.6 Å². The van der Waals surface area contributed by atoms with E-state index in [0.29, 0.717) is 0 Å². The van der Waals surface area contributed by atoms with E-state index in [4.69, 9.17) is 5.10 Å². The molecule has 1 aliphatic heterocycles. The summed E-state index contributed by atoms with van der Waals surface area (Å²) >= 11 is 0. The van der Waals surface area contributed by atoms with Gasteiger partial charge in [-0.1, -0.05) is 18.2 Å². The molecule has 1 aliphatic rings. The van der Waals surface area contributed by atoms with Crippen LogP contribution in [0, 0.1) is 0 Å². The van der Waals surface area contributed by atoms with Crippen molar-refractivity contribution in [1.82, 2.24) is 19.7 Å². The second kappa shape index (κ2) is 7.02. The molecular formula is C21H24N4O. The molecule has 1 aromatic carbocycles. The molecule has 5 nitrogen and oxygen atoms in total. The van der Waals surface area contributed by atoms with Gasteiger partial charge >= 0.3 is 0 Å². The normalized spacial score (nSPS) is 17.3. The van der Waals surface area contributed by atoms with Crippen molar-refractivity contribution in [3.8, 4) is 16.9 Å². The maximum atomic E-state index is 10.2. The van der Waals surface area contributed by atoms with Gasteiger partial charge in [-0.2, -0.15) is 5.10 Å². The maximum Gasteiger partial charge on any atom is 0.0988 e. The number of hydrogen-bond acceptors (Lipinski definition) is 4. The van der Waals surface area contributed by atoms with Crippen molar-refractivity contribution in [2.75, 3.05) is 13.1 Å². The zero-order chi connectivity index (χ0) is 18.0. The zero-order valence-electron chi connectivity index (χ0n) is 15.0. The van der Waals surface area contributed by atoms with Gasteiger partial charge in [0.1, 0.15) is 0 Å². The van der Waals surface area contributed by atoms with Crippen LogP contribution in [0.1, 0.15) is 25.3 Å². The van der Waals surface area contributed by atoms with Crippen LogP contribution in [0.4, 0.5) is 0 Å². The minimum Gasteiger partial charge on any atom is -0.390 e. The van der Waals surface area contributed by atoms with Gasteiger partial charge in [-0.3, -0.25) is 9.88 Å². The van der Waals surface area contributed by atoms with Crippen LogP contribution in [0.3, 0.4) is 0 Å². The first-order valence-corrected chi connectivity index (χ1v) is 9.10. The van der Waals surface area contributed by atoms with E-state index < -0.39 is 5.60 Å². The highest BCUT2D eigenvalue weighted by molar-refractivity contribution is 5.62. The van der Waals surface area contributed by atoms with Crippen LogP contribution >= 0.6 is 0 Å². The van der Waals surface area contributed by atoms with E-state index in [0.717, 1.165) is 49.4 Å². The van der Waals surface area contributed by atoms with E-state index >= 15 is 0 Å². The van der Waals surface area contributed by atoms with E-state index in [-0.39, 0.29) is 0 Å². The summed E-state index contributed by atoms with van der Waals surface area (Å²) in [6.07, 6.45) is 7.38. The molecule has 4 rings (SSSR count). The van der Waals surface area contributed by atoms with Crippen LogP contribution in [0.2, 0.25) is 0 Å². The second-order valence-corrected chi connectivity index (χ2v) is 7.30. The Morgan fingerprint density at radius 2 is 1.85 bits per heavy atom. The van der Waals surface area contributed by atoms with Crippen molar-refractivity contribution < 1.29 is 5.11 Å². The van der Waals surface area contributed by atoms with Crippen LogP contribution in [-0.2, 0) is 6.54 Å². The quantitative estimate of drug-likeness (QED) is 0.786. The lowest BCUT2D eigenvalue weighted by Gasteiger charge is -2.35. The number of rotatable bonds is 4. The highest BCUT2D eigenvalue weighted by atomic mass is 16.3. The highest BCUT2D eigenvalue weighted by Crippen LogP contribution is 2.27. The Morgan fingerprint density at radius 3 is 2.54 bits per heavy atom. The zero-order valence-corrected chi connectivity index (χ0v) is 15.0. The molecule has 2 aromatic heterocycles. The summed E-state index contributed by atoms with van der Waals surface area (Å²) in [6.45, 7) is 4.55. The Hall–Kier alpha value is -2.50. The van der Waals surface area contributed by atoms with Gasteiger partial charge in [0.25, 0.3) is 0 Å². The standard InChI is InChI=1S/C21H24N4O/c1-21(26)9-12-24(13-10-21)15-18-16-25(19-7-3-2-4-8-19)23-20(18)17-6-5-11-22-14-17/h2-8,11,14,16,26H,9-10,12-13,15H2,1H3. The topological polar surface area (TPSA) is 54.2 Å². The molecule has 0 unspecified atom stereocenters. The monoisotopic (exact) mass is 348 g/mol. The molecular weight excluding hydrogens is 324 g/mol. The molecule has 1 N–H and O–H groups in total. The molecule has 0 saturated carbocycles. The molecule has 3 aromatic rings. The van der Waals surface area contributed by atoms with E-state index in [1.165, 1.54) is 5.56 Å². The molecule has 0 amide bonds. The first-order valence-electron chi connectivity index (χ1n) is 9.10. The molecule has 0 bridgehead atoms. The van der Waals surface area contributed by atoms with E-state index in [1.54, 1.807) is 6.20 Å². The largest absolute Gasteiger partial charge is 0.390 e. The van der Waals surface area contributed by atoms with Gasteiger partial charge in [0, 0.05) is 49.4 Å². The fourth-order valence-corrected chi connectivity index (χ4v) is 3.42. The SMILES string of the molecule is CC1(O)CCN(Cc2cn(-c3ccccc3)nc2-c2cccnc2)CC1. The highest BCUT2D eigenvalue weighted by Gasteiger charge is 2.28. The fourth-order valence-electron chi connectivity index (χ4n) is 3.42. The van der Waals surface area contributed by atoms with E-state index in [1.807, 2.05) is 42.1 Å². The van der Waals surface area contributed by atoms with Crippen molar-refractivity contribution in [1.29, 1.82) is 0 Å². The summed E-state index contributed by atoms with van der Waals surface area (Å²) in [5.74, 6) is 0. The number of likely N-dealkylation sites (tertiary alicyclic amines) is 1. The van der Waals surface area contributed by atoms with Gasteiger partial charge in [-0.25, -0.2) is 4.68 Å². The van der Waals surface area contributed by atoms with Gasteiger partial charge in [-0.05, 0) is 44.0 Å². The first-order chi connectivity index (χ1) is 12.6. The van der Waals surface area contributed by atoms with Crippen LogP contribution in [-0.4, -0.2) is 43.5 Å². The lowest BCUT2D eigenvalue weighted by molar-refractivity contribution is -0.00726. The summed E-state index contributed by atoms with van der Waals surface area (Å²) in [5.41, 5.74) is 3.70. The predicted molar refractivity (Wildman–Crippen MR) is 102 cm³/mol. The third-order valence-corrected chi connectivity index (χ3v) is 5.07. The Morgan fingerprint density at radius 1 is 1.08 bits per heavy atom. The molecule has 134 valence electrons. The number of nitrogens with zero attached hydrogens (tertiary/aromatic N) is 4. The minimum atomic E-state index is -0.531. The molecule has 1 fully saturated rings. The number of benzene rings is 1. The Balaban J connectivity index is 1.65. The summed E-state index contributed by atoms with van der Waals surface area (Å²) in [5, 5.41) is 15.0. The Labute approximate surface area is 153 Å². The van der Waals surface area contributed by atoms with Gasteiger partial charge in [-0.15, -0.1) is 0 Å². The van der Waals surface area contributed by atoms with E-state index in [9.17, 15) is 5.11 Å². The summed E-state index contributed by atoms with van der Waals surface area (Å²) in [6, 6.07) is 14.2. The number of hydrogen-bond donors (Lipinski definition) is 1. The van der Waals surface area contributed by atoms with Gasteiger partial charge in [0.05, 0.1) is 17.0 Å². The lowest BCUT2D eigenvalue weighted by Crippen LogP contribution is -2.41. The molecule has 0 aliphatic carbocycles. The molecule has 0 spiro atoms. The molecule has 26 heavy (non-hydrogen) atoms. The smallest absolute Gasteiger partial charge is 0.0988 e.